The highest BCUT2D eigenvalue weighted by atomic mass is 16.4. The van der Waals surface area contributed by atoms with Gasteiger partial charge >= 0.3 is 11.9 Å². The van der Waals surface area contributed by atoms with E-state index in [0.29, 0.717) is 5.56 Å². The molecule has 0 atom stereocenters. The Morgan fingerprint density at radius 1 is 0.900 bits per heavy atom. The average Bonchev–Trinajstić information content (AvgIpc) is 3.17. The maximum absolute atomic E-state index is 10.5. The third-order valence-corrected chi connectivity index (χ3v) is 2.95. The molecule has 2 aromatic rings. The number of carboxylic acid groups (broad SMARTS) is 2. The number of hydrogen-bond acceptors (Lipinski definition) is 2. The largest absolute Gasteiger partial charge is 0.478 e. The van der Waals surface area contributed by atoms with Crippen molar-refractivity contribution in [3.63, 3.8) is 0 Å². The Kier molecular flexibility index (Phi) is 3.84. The number of aromatic carboxylic acids is 2. The van der Waals surface area contributed by atoms with Crippen LogP contribution in [0.2, 0.25) is 0 Å². The van der Waals surface area contributed by atoms with Crippen molar-refractivity contribution in [1.29, 1.82) is 0 Å². The Morgan fingerprint density at radius 2 is 1.35 bits per heavy atom. The van der Waals surface area contributed by atoms with Gasteiger partial charge in [-0.1, -0.05) is 24.3 Å². The van der Waals surface area contributed by atoms with Crippen LogP contribution in [0.25, 0.3) is 0 Å². The summed E-state index contributed by atoms with van der Waals surface area (Å²) < 4.78 is 0. The first-order valence-corrected chi connectivity index (χ1v) is 6.12. The van der Waals surface area contributed by atoms with Crippen LogP contribution in [0, 0.1) is 6.92 Å². The predicted molar refractivity (Wildman–Crippen MR) is 74.3 cm³/mol. The second kappa shape index (κ2) is 5.57. The van der Waals surface area contributed by atoms with Gasteiger partial charge in [0.15, 0.2) is 0 Å². The summed E-state index contributed by atoms with van der Waals surface area (Å²) >= 11 is 0. The van der Waals surface area contributed by atoms with E-state index < -0.39 is 11.9 Å². The monoisotopic (exact) mass is 270 g/mol. The van der Waals surface area contributed by atoms with Crippen LogP contribution in [0.4, 0.5) is 0 Å². The fourth-order valence-corrected chi connectivity index (χ4v) is 1.87. The number of carbonyl (C=O) groups is 2. The highest BCUT2D eigenvalue weighted by Crippen LogP contribution is 2.25. The first-order chi connectivity index (χ1) is 9.47. The minimum atomic E-state index is -1.12. The minimum absolute atomic E-state index is 0.00241. The third kappa shape index (κ3) is 3.45. The second-order valence-electron chi connectivity index (χ2n) is 4.64. The van der Waals surface area contributed by atoms with Gasteiger partial charge in [-0.2, -0.15) is 0 Å². The summed E-state index contributed by atoms with van der Waals surface area (Å²) in [5, 5.41) is 17.2. The standard InChI is InChI=1S/C9H8O4.C7H6/c1-5-2-6(8(10)11)4-7(3-5)9(12)13;1-2-4-7-5-6(7)3-1/h2-4H,1H3,(H,10,11)(H,12,13);1-4H,5H2. The summed E-state index contributed by atoms with van der Waals surface area (Å²) in [6, 6.07) is 12.5. The predicted octanol–water partition coefficient (Wildman–Crippen LogP) is 2.98. The molecule has 0 radical (unpaired) electrons. The van der Waals surface area contributed by atoms with Gasteiger partial charge < -0.3 is 10.2 Å². The second-order valence-corrected chi connectivity index (χ2v) is 4.64. The Morgan fingerprint density at radius 3 is 1.70 bits per heavy atom. The van der Waals surface area contributed by atoms with Gasteiger partial charge in [-0.15, -0.1) is 0 Å². The van der Waals surface area contributed by atoms with Crippen molar-refractivity contribution in [3.05, 3.63) is 70.3 Å². The van der Waals surface area contributed by atoms with E-state index in [1.54, 1.807) is 6.92 Å². The van der Waals surface area contributed by atoms with Crippen LogP contribution in [0.5, 0.6) is 0 Å². The number of fused-ring (bicyclic) bond motifs is 1. The zero-order chi connectivity index (χ0) is 14.7. The number of aryl methyl sites for hydroxylation is 1. The van der Waals surface area contributed by atoms with E-state index in [1.807, 2.05) is 0 Å². The highest BCUT2D eigenvalue weighted by Gasteiger charge is 2.12. The number of rotatable bonds is 2. The Bertz CT molecular complexity index is 621. The molecule has 0 amide bonds. The molecule has 0 bridgehead atoms. The fraction of sp³-hybridized carbons (Fsp3) is 0.125. The molecule has 0 saturated heterocycles. The maximum atomic E-state index is 10.5. The van der Waals surface area contributed by atoms with Crippen molar-refractivity contribution in [2.24, 2.45) is 0 Å². The Labute approximate surface area is 116 Å². The number of carboxylic acids is 2. The lowest BCUT2D eigenvalue weighted by atomic mass is 10.1. The molecule has 4 nitrogen and oxygen atoms in total. The van der Waals surface area contributed by atoms with Gasteiger partial charge in [0, 0.05) is 0 Å². The molecular weight excluding hydrogens is 256 g/mol. The first-order valence-electron chi connectivity index (χ1n) is 6.12. The van der Waals surface area contributed by atoms with Crippen molar-refractivity contribution in [3.8, 4) is 0 Å². The van der Waals surface area contributed by atoms with E-state index in [0.717, 1.165) is 6.07 Å². The van der Waals surface area contributed by atoms with Crippen molar-refractivity contribution in [2.75, 3.05) is 0 Å². The smallest absolute Gasteiger partial charge is 0.335 e. The van der Waals surface area contributed by atoms with Gasteiger partial charge in [-0.05, 0) is 48.2 Å². The molecule has 0 saturated carbocycles. The van der Waals surface area contributed by atoms with Crippen molar-refractivity contribution in [1.82, 2.24) is 0 Å². The lowest BCUT2D eigenvalue weighted by Gasteiger charge is -1.99. The molecule has 2 N–H and O–H groups in total. The van der Waals surface area contributed by atoms with Crippen LogP contribution >= 0.6 is 0 Å². The summed E-state index contributed by atoms with van der Waals surface area (Å²) in [6.45, 7) is 1.65. The summed E-state index contributed by atoms with van der Waals surface area (Å²) in [6.07, 6.45) is 1.24. The van der Waals surface area contributed by atoms with Gasteiger partial charge in [0.1, 0.15) is 0 Å². The highest BCUT2D eigenvalue weighted by molar-refractivity contribution is 5.94. The van der Waals surface area contributed by atoms with Crippen LogP contribution in [-0.2, 0) is 6.42 Å². The lowest BCUT2D eigenvalue weighted by molar-refractivity contribution is 0.0696. The van der Waals surface area contributed by atoms with Gasteiger partial charge in [-0.3, -0.25) is 0 Å². The number of hydrogen-bond donors (Lipinski definition) is 2. The van der Waals surface area contributed by atoms with Gasteiger partial charge in [0.2, 0.25) is 0 Å². The molecule has 3 rings (SSSR count). The lowest BCUT2D eigenvalue weighted by Crippen LogP contribution is -2.02. The summed E-state index contributed by atoms with van der Waals surface area (Å²) in [7, 11) is 0. The molecule has 20 heavy (non-hydrogen) atoms. The molecule has 102 valence electrons. The fourth-order valence-electron chi connectivity index (χ4n) is 1.87. The molecule has 0 aliphatic heterocycles. The molecule has 2 aromatic carbocycles. The van der Waals surface area contributed by atoms with Crippen LogP contribution in [0.15, 0.2) is 42.5 Å². The van der Waals surface area contributed by atoms with E-state index in [-0.39, 0.29) is 11.1 Å². The van der Waals surface area contributed by atoms with E-state index in [1.165, 1.54) is 29.7 Å². The zero-order valence-electron chi connectivity index (χ0n) is 11.0. The first kappa shape index (κ1) is 13.8. The van der Waals surface area contributed by atoms with Crippen LogP contribution in [0.1, 0.15) is 37.4 Å². The molecule has 0 aromatic heterocycles. The van der Waals surface area contributed by atoms with E-state index in [9.17, 15) is 9.59 Å². The van der Waals surface area contributed by atoms with Crippen molar-refractivity contribution in [2.45, 2.75) is 13.3 Å². The van der Waals surface area contributed by atoms with E-state index in [2.05, 4.69) is 24.3 Å². The summed E-state index contributed by atoms with van der Waals surface area (Å²) in [4.78, 5) is 21.1. The van der Waals surface area contributed by atoms with Gasteiger partial charge in [0.25, 0.3) is 0 Å². The molecule has 0 spiro atoms. The average molecular weight is 270 g/mol. The summed E-state index contributed by atoms with van der Waals surface area (Å²) in [5.41, 5.74) is 3.68. The van der Waals surface area contributed by atoms with E-state index >= 15 is 0 Å². The molecule has 0 fully saturated rings. The molecule has 1 aliphatic rings. The van der Waals surface area contributed by atoms with Gasteiger partial charge in [-0.25, -0.2) is 9.59 Å². The molecule has 0 unspecified atom stereocenters. The number of benzene rings is 2. The normalized spacial score (nSPS) is 10.8. The van der Waals surface area contributed by atoms with Gasteiger partial charge in [0.05, 0.1) is 11.1 Å². The minimum Gasteiger partial charge on any atom is -0.478 e. The quantitative estimate of drug-likeness (QED) is 0.750. The Hall–Kier alpha value is -2.62. The Balaban J connectivity index is 0.000000173. The van der Waals surface area contributed by atoms with Crippen LogP contribution in [-0.4, -0.2) is 22.2 Å². The summed E-state index contributed by atoms with van der Waals surface area (Å²) in [5.74, 6) is -2.24. The third-order valence-electron chi connectivity index (χ3n) is 2.95. The van der Waals surface area contributed by atoms with Crippen LogP contribution in [0.3, 0.4) is 0 Å². The van der Waals surface area contributed by atoms with Crippen molar-refractivity contribution >= 4 is 11.9 Å². The molecule has 4 heteroatoms. The zero-order valence-corrected chi connectivity index (χ0v) is 11.0. The maximum Gasteiger partial charge on any atom is 0.335 e. The van der Waals surface area contributed by atoms with Crippen LogP contribution < -0.4 is 0 Å². The molecular formula is C16H14O4. The van der Waals surface area contributed by atoms with E-state index in [4.69, 9.17) is 10.2 Å². The molecule has 0 heterocycles. The topological polar surface area (TPSA) is 74.6 Å². The molecule has 1 aliphatic carbocycles. The van der Waals surface area contributed by atoms with Crippen molar-refractivity contribution < 1.29 is 19.8 Å². The SMILES string of the molecule is Cc1cc(C(=O)O)cc(C(=O)O)c1.c1ccc2c(c1)C2.